The standard InChI is InChI=1S/C10H18N2O3S2/c11-9(16)5-3-6-12-10(13)8-4-1-2-7-17(8,14)15/h8H,1-7H2,(H2,11,16)(H,12,13). The van der Waals surface area contributed by atoms with Crippen LogP contribution in [0, 0.1) is 0 Å². The van der Waals surface area contributed by atoms with Crippen molar-refractivity contribution >= 4 is 33.0 Å². The molecule has 1 fully saturated rings. The molecule has 1 amide bonds. The van der Waals surface area contributed by atoms with Gasteiger partial charge < -0.3 is 11.1 Å². The van der Waals surface area contributed by atoms with Gasteiger partial charge in [-0.15, -0.1) is 0 Å². The lowest BCUT2D eigenvalue weighted by atomic mass is 10.2. The monoisotopic (exact) mass is 278 g/mol. The zero-order chi connectivity index (χ0) is 12.9. The van der Waals surface area contributed by atoms with Crippen molar-refractivity contribution < 1.29 is 13.2 Å². The highest BCUT2D eigenvalue weighted by molar-refractivity contribution is 7.92. The van der Waals surface area contributed by atoms with Gasteiger partial charge in [0.05, 0.1) is 10.7 Å². The van der Waals surface area contributed by atoms with E-state index >= 15 is 0 Å². The number of nitrogens with one attached hydrogen (secondary N) is 1. The Kier molecular flexibility index (Phi) is 5.32. The Labute approximate surface area is 107 Å². The lowest BCUT2D eigenvalue weighted by Gasteiger charge is -2.21. The molecule has 7 heteroatoms. The smallest absolute Gasteiger partial charge is 0.238 e. The molecular weight excluding hydrogens is 260 g/mol. The van der Waals surface area contributed by atoms with Crippen molar-refractivity contribution in [3.63, 3.8) is 0 Å². The number of carbonyl (C=O) groups is 1. The quantitative estimate of drug-likeness (QED) is 0.551. The minimum Gasteiger partial charge on any atom is -0.393 e. The first kappa shape index (κ1) is 14.4. The highest BCUT2D eigenvalue weighted by atomic mass is 32.2. The maximum absolute atomic E-state index is 11.7. The van der Waals surface area contributed by atoms with E-state index < -0.39 is 15.1 Å². The highest BCUT2D eigenvalue weighted by Gasteiger charge is 2.34. The first-order chi connectivity index (χ1) is 7.93. The second kappa shape index (κ2) is 6.30. The number of rotatable bonds is 5. The minimum absolute atomic E-state index is 0.123. The molecule has 17 heavy (non-hydrogen) atoms. The van der Waals surface area contributed by atoms with Crippen LogP contribution < -0.4 is 11.1 Å². The molecule has 0 aromatic carbocycles. The summed E-state index contributed by atoms with van der Waals surface area (Å²) < 4.78 is 23.3. The molecule has 1 aliphatic heterocycles. The summed E-state index contributed by atoms with van der Waals surface area (Å²) in [6.07, 6.45) is 3.10. The van der Waals surface area contributed by atoms with Crippen molar-refractivity contribution in [2.75, 3.05) is 12.3 Å². The van der Waals surface area contributed by atoms with Crippen LogP contribution >= 0.6 is 12.2 Å². The summed E-state index contributed by atoms with van der Waals surface area (Å²) >= 11 is 4.71. The second-order valence-electron chi connectivity index (χ2n) is 4.21. The third-order valence-corrected chi connectivity index (χ3v) is 5.15. The van der Waals surface area contributed by atoms with Crippen LogP contribution in [-0.4, -0.2) is 36.9 Å². The van der Waals surface area contributed by atoms with Gasteiger partial charge in [0.25, 0.3) is 0 Å². The first-order valence-electron chi connectivity index (χ1n) is 5.71. The van der Waals surface area contributed by atoms with E-state index in [0.717, 1.165) is 6.42 Å². The molecule has 1 atom stereocenters. The van der Waals surface area contributed by atoms with Crippen LogP contribution in [0.2, 0.25) is 0 Å². The fourth-order valence-corrected chi connectivity index (χ4v) is 3.81. The molecule has 0 spiro atoms. The first-order valence-corrected chi connectivity index (χ1v) is 7.83. The molecule has 0 bridgehead atoms. The molecule has 0 aliphatic carbocycles. The fourth-order valence-electron chi connectivity index (χ4n) is 1.84. The number of hydrogen-bond acceptors (Lipinski definition) is 4. The lowest BCUT2D eigenvalue weighted by Crippen LogP contribution is -2.43. The summed E-state index contributed by atoms with van der Waals surface area (Å²) in [5.41, 5.74) is 5.32. The van der Waals surface area contributed by atoms with Gasteiger partial charge in [0.2, 0.25) is 5.91 Å². The summed E-state index contributed by atoms with van der Waals surface area (Å²) in [6.45, 7) is 0.419. The normalized spacial score (nSPS) is 22.9. The summed E-state index contributed by atoms with van der Waals surface area (Å²) in [5.74, 6) is -0.259. The van der Waals surface area contributed by atoms with Crippen molar-refractivity contribution in [2.45, 2.75) is 37.4 Å². The molecule has 0 aromatic heterocycles. The van der Waals surface area contributed by atoms with Crippen molar-refractivity contribution in [3.05, 3.63) is 0 Å². The van der Waals surface area contributed by atoms with Gasteiger partial charge in [-0.1, -0.05) is 18.6 Å². The van der Waals surface area contributed by atoms with Crippen LogP contribution in [0.1, 0.15) is 32.1 Å². The molecule has 5 nitrogen and oxygen atoms in total. The SMILES string of the molecule is NC(=S)CCCNC(=O)C1CCCCS1(=O)=O. The molecule has 98 valence electrons. The Balaban J connectivity index is 2.39. The Hall–Kier alpha value is -0.690. The second-order valence-corrected chi connectivity index (χ2v) is 7.04. The molecular formula is C10H18N2O3S2. The predicted octanol–water partition coefficient (Wildman–Crippen LogP) is 0.136. The van der Waals surface area contributed by atoms with Crippen molar-refractivity contribution in [1.29, 1.82) is 0 Å². The summed E-state index contributed by atoms with van der Waals surface area (Å²) in [6, 6.07) is 0. The van der Waals surface area contributed by atoms with Crippen LogP contribution in [0.4, 0.5) is 0 Å². The van der Waals surface area contributed by atoms with E-state index in [0.29, 0.717) is 37.2 Å². The van der Waals surface area contributed by atoms with Crippen LogP contribution in [0.25, 0.3) is 0 Å². The number of amides is 1. The third kappa shape index (κ3) is 4.59. The zero-order valence-corrected chi connectivity index (χ0v) is 11.3. The largest absolute Gasteiger partial charge is 0.393 e. The van der Waals surface area contributed by atoms with E-state index in [-0.39, 0.29) is 11.7 Å². The van der Waals surface area contributed by atoms with E-state index in [1.54, 1.807) is 0 Å². The summed E-state index contributed by atoms with van der Waals surface area (Å²) in [4.78, 5) is 12.1. The maximum Gasteiger partial charge on any atom is 0.238 e. The fraction of sp³-hybridized carbons (Fsp3) is 0.800. The van der Waals surface area contributed by atoms with Crippen LogP contribution in [0.3, 0.4) is 0 Å². The molecule has 1 rings (SSSR count). The molecule has 1 unspecified atom stereocenters. The zero-order valence-electron chi connectivity index (χ0n) is 9.65. The maximum atomic E-state index is 11.7. The van der Waals surface area contributed by atoms with Gasteiger partial charge in [-0.2, -0.15) is 0 Å². The topological polar surface area (TPSA) is 89.3 Å². The number of hydrogen-bond donors (Lipinski definition) is 2. The number of carbonyl (C=O) groups excluding carboxylic acids is 1. The van der Waals surface area contributed by atoms with Gasteiger partial charge in [0.1, 0.15) is 5.25 Å². The molecule has 0 aromatic rings. The number of nitrogens with two attached hydrogens (primary N) is 1. The van der Waals surface area contributed by atoms with Crippen molar-refractivity contribution in [1.82, 2.24) is 5.32 Å². The Morgan fingerprint density at radius 1 is 1.41 bits per heavy atom. The minimum atomic E-state index is -3.24. The molecule has 3 N–H and O–H groups in total. The van der Waals surface area contributed by atoms with E-state index in [9.17, 15) is 13.2 Å². The summed E-state index contributed by atoms with van der Waals surface area (Å²) in [5, 5.41) is 1.77. The Morgan fingerprint density at radius 2 is 2.12 bits per heavy atom. The Morgan fingerprint density at radius 3 is 2.71 bits per heavy atom. The average Bonchev–Trinajstić information content (AvgIpc) is 2.23. The van der Waals surface area contributed by atoms with Crippen LogP contribution in [0.5, 0.6) is 0 Å². The predicted molar refractivity (Wildman–Crippen MR) is 70.5 cm³/mol. The molecule has 1 aliphatic rings. The molecule has 1 saturated heterocycles. The van der Waals surface area contributed by atoms with E-state index in [1.165, 1.54) is 0 Å². The Bertz CT molecular complexity index is 392. The van der Waals surface area contributed by atoms with Gasteiger partial charge in [-0.3, -0.25) is 4.79 Å². The van der Waals surface area contributed by atoms with E-state index in [2.05, 4.69) is 5.32 Å². The average molecular weight is 278 g/mol. The van der Waals surface area contributed by atoms with Gasteiger partial charge >= 0.3 is 0 Å². The van der Waals surface area contributed by atoms with Gasteiger partial charge in [-0.05, 0) is 25.7 Å². The van der Waals surface area contributed by atoms with E-state index in [4.69, 9.17) is 18.0 Å². The van der Waals surface area contributed by atoms with E-state index in [1.807, 2.05) is 0 Å². The van der Waals surface area contributed by atoms with Crippen molar-refractivity contribution in [3.8, 4) is 0 Å². The third-order valence-electron chi connectivity index (χ3n) is 2.77. The highest BCUT2D eigenvalue weighted by Crippen LogP contribution is 2.19. The lowest BCUT2D eigenvalue weighted by molar-refractivity contribution is -0.120. The molecule has 0 radical (unpaired) electrons. The van der Waals surface area contributed by atoms with Gasteiger partial charge in [0, 0.05) is 6.54 Å². The van der Waals surface area contributed by atoms with Gasteiger partial charge in [0.15, 0.2) is 9.84 Å². The molecule has 0 saturated carbocycles. The van der Waals surface area contributed by atoms with Crippen LogP contribution in [0.15, 0.2) is 0 Å². The molecule has 1 heterocycles. The van der Waals surface area contributed by atoms with Crippen LogP contribution in [-0.2, 0) is 14.6 Å². The van der Waals surface area contributed by atoms with Crippen molar-refractivity contribution in [2.24, 2.45) is 5.73 Å². The number of sulfone groups is 1. The van der Waals surface area contributed by atoms with Gasteiger partial charge in [-0.25, -0.2) is 8.42 Å². The number of thiocarbonyl (C=S) groups is 1. The summed E-state index contributed by atoms with van der Waals surface area (Å²) in [7, 11) is -3.24.